The molecule has 3 heteroatoms. The van der Waals surface area contributed by atoms with Crippen LogP contribution in [-0.2, 0) is 0 Å². The van der Waals surface area contributed by atoms with Crippen LogP contribution in [0.2, 0.25) is 0 Å². The highest BCUT2D eigenvalue weighted by Crippen LogP contribution is 1.81. The lowest BCUT2D eigenvalue weighted by Crippen LogP contribution is -2.02. The van der Waals surface area contributed by atoms with Gasteiger partial charge in [-0.15, -0.1) is 0 Å². The molecule has 0 bridgehead atoms. The fourth-order valence-electron chi connectivity index (χ4n) is 0. The number of hydrogen-bond acceptors (Lipinski definition) is 3. The first-order valence-electron chi connectivity index (χ1n) is 2.28. The number of aliphatic hydroxyl groups is 1. The minimum atomic E-state index is -0.116. The van der Waals surface area contributed by atoms with E-state index in [9.17, 15) is 0 Å². The van der Waals surface area contributed by atoms with E-state index in [-0.39, 0.29) is 6.10 Å². The molecule has 7 heavy (non-hydrogen) atoms. The number of hydrazine groups is 1. The number of aliphatic hydroxyl groups excluding tert-OH is 1. The Labute approximate surface area is 44.3 Å². The van der Waals surface area contributed by atoms with Gasteiger partial charge in [-0.05, 0) is 13.3 Å². The van der Waals surface area contributed by atoms with Gasteiger partial charge in [0.1, 0.15) is 0 Å². The topological polar surface area (TPSA) is 72.3 Å². The smallest absolute Gasteiger partial charge is 0.0509 e. The summed E-state index contributed by atoms with van der Waals surface area (Å²) >= 11 is 0. The second kappa shape index (κ2) is 9.30. The van der Waals surface area contributed by atoms with Gasteiger partial charge in [-0.25, -0.2) is 0 Å². The Morgan fingerprint density at radius 1 is 1.57 bits per heavy atom. The molecule has 0 aliphatic rings. The standard InChI is InChI=1S/C4H10O.H4N2/c1-3-4(2)5;1-2/h4-5H,3H2,1-2H3;1-2H2. The lowest BCUT2D eigenvalue weighted by molar-refractivity contribution is 0.191. The molecule has 0 aliphatic carbocycles. The van der Waals surface area contributed by atoms with Crippen LogP contribution in [0.25, 0.3) is 0 Å². The monoisotopic (exact) mass is 106 g/mol. The predicted octanol–water partition coefficient (Wildman–Crippen LogP) is -0.404. The third-order valence-electron chi connectivity index (χ3n) is 0.591. The highest BCUT2D eigenvalue weighted by molar-refractivity contribution is 4.34. The van der Waals surface area contributed by atoms with E-state index in [0.29, 0.717) is 0 Å². The van der Waals surface area contributed by atoms with Crippen LogP contribution in [0.15, 0.2) is 0 Å². The van der Waals surface area contributed by atoms with Crippen LogP contribution in [0.1, 0.15) is 20.3 Å². The molecule has 1 atom stereocenters. The Bertz CT molecular complexity index is 23.7. The minimum absolute atomic E-state index is 0.116. The molecular weight excluding hydrogens is 92.1 g/mol. The average Bonchev–Trinajstić information content (AvgIpc) is 1.73. The number of nitrogens with two attached hydrogens (primary N) is 2. The van der Waals surface area contributed by atoms with Crippen LogP contribution >= 0.6 is 0 Å². The molecule has 0 spiro atoms. The third-order valence-corrected chi connectivity index (χ3v) is 0.591. The zero-order valence-corrected chi connectivity index (χ0v) is 4.89. The Morgan fingerprint density at radius 3 is 1.71 bits per heavy atom. The van der Waals surface area contributed by atoms with Crippen molar-refractivity contribution in [3.63, 3.8) is 0 Å². The second-order valence-electron chi connectivity index (χ2n) is 1.26. The molecule has 46 valence electrons. The van der Waals surface area contributed by atoms with E-state index in [1.807, 2.05) is 6.92 Å². The Kier molecular flexibility index (Phi) is 13.3. The Balaban J connectivity index is 0. The molecule has 3 nitrogen and oxygen atoms in total. The lowest BCUT2D eigenvalue weighted by Gasteiger charge is -1.90. The molecule has 0 radical (unpaired) electrons. The second-order valence-corrected chi connectivity index (χ2v) is 1.26. The molecule has 5 N–H and O–H groups in total. The summed E-state index contributed by atoms with van der Waals surface area (Å²) in [6, 6.07) is 0. The maximum Gasteiger partial charge on any atom is 0.0509 e. The van der Waals surface area contributed by atoms with E-state index >= 15 is 0 Å². The van der Waals surface area contributed by atoms with Gasteiger partial charge in [0.15, 0.2) is 0 Å². The van der Waals surface area contributed by atoms with E-state index < -0.39 is 0 Å². The van der Waals surface area contributed by atoms with Crippen LogP contribution in [-0.4, -0.2) is 11.2 Å². The SMILES string of the molecule is CCC(C)O.NN. The van der Waals surface area contributed by atoms with E-state index in [1.54, 1.807) is 6.92 Å². The first kappa shape index (κ1) is 9.99. The molecule has 0 aromatic carbocycles. The highest BCUT2D eigenvalue weighted by atomic mass is 16.3. The van der Waals surface area contributed by atoms with Gasteiger partial charge >= 0.3 is 0 Å². The average molecular weight is 106 g/mol. The van der Waals surface area contributed by atoms with Gasteiger partial charge in [-0.2, -0.15) is 0 Å². The zero-order valence-electron chi connectivity index (χ0n) is 4.89. The van der Waals surface area contributed by atoms with E-state index in [0.717, 1.165) is 6.42 Å². The summed E-state index contributed by atoms with van der Waals surface area (Å²) in [4.78, 5) is 0. The maximum absolute atomic E-state index is 8.36. The molecular formula is C4H14N2O. The van der Waals surface area contributed by atoms with Gasteiger partial charge in [0, 0.05) is 0 Å². The van der Waals surface area contributed by atoms with Gasteiger partial charge in [0.25, 0.3) is 0 Å². The first-order chi connectivity index (χ1) is 3.27. The zero-order chi connectivity index (χ0) is 6.28. The molecule has 1 unspecified atom stereocenters. The van der Waals surface area contributed by atoms with Crippen LogP contribution in [0.5, 0.6) is 0 Å². The molecule has 0 aromatic heterocycles. The van der Waals surface area contributed by atoms with Gasteiger partial charge < -0.3 is 5.11 Å². The summed E-state index contributed by atoms with van der Waals surface area (Å²) in [7, 11) is 0. The number of rotatable bonds is 1. The van der Waals surface area contributed by atoms with E-state index in [2.05, 4.69) is 11.7 Å². The highest BCUT2D eigenvalue weighted by Gasteiger charge is 1.81. The summed E-state index contributed by atoms with van der Waals surface area (Å²) in [5.74, 6) is 8.00. The van der Waals surface area contributed by atoms with Crippen molar-refractivity contribution in [2.45, 2.75) is 26.4 Å². The molecule has 0 aliphatic heterocycles. The summed E-state index contributed by atoms with van der Waals surface area (Å²) in [5, 5.41) is 8.36. The molecule has 0 fully saturated rings. The van der Waals surface area contributed by atoms with Crippen molar-refractivity contribution in [2.75, 3.05) is 0 Å². The molecule has 0 saturated carbocycles. The molecule has 0 amide bonds. The number of hydrogen-bond donors (Lipinski definition) is 3. The van der Waals surface area contributed by atoms with Crippen LogP contribution < -0.4 is 11.7 Å². The fraction of sp³-hybridized carbons (Fsp3) is 1.00. The molecule has 0 saturated heterocycles. The largest absolute Gasteiger partial charge is 0.393 e. The fourth-order valence-corrected chi connectivity index (χ4v) is 0. The van der Waals surface area contributed by atoms with Crippen LogP contribution in [0.4, 0.5) is 0 Å². The lowest BCUT2D eigenvalue weighted by atomic mass is 10.3. The minimum Gasteiger partial charge on any atom is -0.393 e. The predicted molar refractivity (Wildman–Crippen MR) is 30.3 cm³/mol. The first-order valence-corrected chi connectivity index (χ1v) is 2.28. The summed E-state index contributed by atoms with van der Waals surface area (Å²) < 4.78 is 0. The quantitative estimate of drug-likeness (QED) is 0.314. The summed E-state index contributed by atoms with van der Waals surface area (Å²) in [6.45, 7) is 3.73. The maximum atomic E-state index is 8.36. The normalized spacial score (nSPS) is 11.6. The van der Waals surface area contributed by atoms with E-state index in [4.69, 9.17) is 5.11 Å². The van der Waals surface area contributed by atoms with Crippen molar-refractivity contribution < 1.29 is 5.11 Å². The van der Waals surface area contributed by atoms with Crippen molar-refractivity contribution in [1.29, 1.82) is 0 Å². The summed E-state index contributed by atoms with van der Waals surface area (Å²) in [6.07, 6.45) is 0.745. The van der Waals surface area contributed by atoms with Gasteiger partial charge in [0.2, 0.25) is 0 Å². The van der Waals surface area contributed by atoms with Gasteiger partial charge in [0.05, 0.1) is 6.10 Å². The Hall–Kier alpha value is -0.120. The van der Waals surface area contributed by atoms with Crippen LogP contribution in [0, 0.1) is 0 Å². The van der Waals surface area contributed by atoms with Crippen molar-refractivity contribution in [3.8, 4) is 0 Å². The van der Waals surface area contributed by atoms with Crippen molar-refractivity contribution in [1.82, 2.24) is 0 Å². The van der Waals surface area contributed by atoms with Crippen molar-refractivity contribution in [3.05, 3.63) is 0 Å². The van der Waals surface area contributed by atoms with Crippen LogP contribution in [0.3, 0.4) is 0 Å². The van der Waals surface area contributed by atoms with Crippen molar-refractivity contribution in [2.24, 2.45) is 11.7 Å². The van der Waals surface area contributed by atoms with Gasteiger partial charge in [-0.1, -0.05) is 6.92 Å². The molecule has 0 heterocycles. The molecule has 0 rings (SSSR count). The third kappa shape index (κ3) is 25.0. The van der Waals surface area contributed by atoms with E-state index in [1.165, 1.54) is 0 Å². The summed E-state index contributed by atoms with van der Waals surface area (Å²) in [5.41, 5.74) is 0. The van der Waals surface area contributed by atoms with Crippen molar-refractivity contribution >= 4 is 0 Å². The van der Waals surface area contributed by atoms with Gasteiger partial charge in [-0.3, -0.25) is 11.7 Å². The Morgan fingerprint density at radius 2 is 1.71 bits per heavy atom. The molecule has 0 aromatic rings.